The number of hydrogen-bond acceptors (Lipinski definition) is 4. The Morgan fingerprint density at radius 2 is 2.33 bits per heavy atom. The van der Waals surface area contributed by atoms with Crippen LogP contribution < -0.4 is 11.1 Å². The van der Waals surface area contributed by atoms with Crippen LogP contribution in [0.15, 0.2) is 5.16 Å². The molecule has 0 aliphatic heterocycles. The highest BCUT2D eigenvalue weighted by Gasteiger charge is 2.27. The molecule has 1 saturated carbocycles. The number of oxime groups is 1. The monoisotopic (exact) mass is 215 g/mol. The van der Waals surface area contributed by atoms with E-state index in [9.17, 15) is 0 Å². The van der Waals surface area contributed by atoms with Gasteiger partial charge in [0, 0.05) is 25.1 Å². The SMILES string of the molecule is CC(CC(N)=NO)NC1CCCC1CO. The van der Waals surface area contributed by atoms with Gasteiger partial charge in [-0.3, -0.25) is 0 Å². The quantitative estimate of drug-likeness (QED) is 0.229. The van der Waals surface area contributed by atoms with Gasteiger partial charge in [0.2, 0.25) is 0 Å². The maximum absolute atomic E-state index is 9.15. The van der Waals surface area contributed by atoms with Crippen molar-refractivity contribution in [3.8, 4) is 0 Å². The second-order valence-electron chi connectivity index (χ2n) is 4.34. The van der Waals surface area contributed by atoms with Crippen LogP contribution in [0.3, 0.4) is 0 Å². The van der Waals surface area contributed by atoms with Gasteiger partial charge in [0.25, 0.3) is 0 Å². The highest BCUT2D eigenvalue weighted by molar-refractivity contribution is 5.80. The van der Waals surface area contributed by atoms with Crippen LogP contribution in [0.1, 0.15) is 32.6 Å². The van der Waals surface area contributed by atoms with Crippen LogP contribution in [-0.4, -0.2) is 34.8 Å². The van der Waals surface area contributed by atoms with Crippen molar-refractivity contribution in [3.05, 3.63) is 0 Å². The van der Waals surface area contributed by atoms with E-state index in [1.54, 1.807) is 0 Å². The van der Waals surface area contributed by atoms with E-state index in [1.165, 1.54) is 6.42 Å². The van der Waals surface area contributed by atoms with Crippen LogP contribution in [-0.2, 0) is 0 Å². The second-order valence-corrected chi connectivity index (χ2v) is 4.34. The van der Waals surface area contributed by atoms with Crippen molar-refractivity contribution in [3.63, 3.8) is 0 Å². The topological polar surface area (TPSA) is 90.9 Å². The summed E-state index contributed by atoms with van der Waals surface area (Å²) in [6, 6.07) is 0.551. The number of aliphatic hydroxyl groups excluding tert-OH is 1. The van der Waals surface area contributed by atoms with Crippen LogP contribution in [0, 0.1) is 5.92 Å². The standard InChI is InChI=1S/C10H21N3O2/c1-7(5-10(11)13-15)12-9-4-2-3-8(9)6-14/h7-9,12,14-15H,2-6H2,1H3,(H2,11,13). The molecule has 5 N–H and O–H groups in total. The number of aliphatic hydroxyl groups is 1. The molecule has 0 aromatic carbocycles. The number of nitrogens with two attached hydrogens (primary N) is 1. The summed E-state index contributed by atoms with van der Waals surface area (Å²) in [7, 11) is 0. The highest BCUT2D eigenvalue weighted by atomic mass is 16.4. The Balaban J connectivity index is 2.33. The molecule has 0 heterocycles. The number of rotatable bonds is 5. The Hall–Kier alpha value is -0.810. The largest absolute Gasteiger partial charge is 0.409 e. The van der Waals surface area contributed by atoms with Crippen molar-refractivity contribution < 1.29 is 10.3 Å². The van der Waals surface area contributed by atoms with Crippen LogP contribution in [0.2, 0.25) is 0 Å². The molecule has 1 aliphatic carbocycles. The first-order valence-corrected chi connectivity index (χ1v) is 5.50. The van der Waals surface area contributed by atoms with E-state index in [-0.39, 0.29) is 18.5 Å². The first-order chi connectivity index (χ1) is 7.17. The van der Waals surface area contributed by atoms with E-state index in [1.807, 2.05) is 6.92 Å². The smallest absolute Gasteiger partial charge is 0.140 e. The second kappa shape index (κ2) is 5.92. The van der Waals surface area contributed by atoms with Gasteiger partial charge in [-0.1, -0.05) is 11.6 Å². The lowest BCUT2D eigenvalue weighted by Gasteiger charge is -2.23. The molecule has 88 valence electrons. The molecular weight excluding hydrogens is 194 g/mol. The molecule has 3 unspecified atom stereocenters. The molecule has 1 fully saturated rings. The Bertz CT molecular complexity index is 221. The van der Waals surface area contributed by atoms with Gasteiger partial charge < -0.3 is 21.4 Å². The van der Waals surface area contributed by atoms with Crippen molar-refractivity contribution in [2.24, 2.45) is 16.8 Å². The fraction of sp³-hybridized carbons (Fsp3) is 0.900. The molecule has 0 bridgehead atoms. The zero-order valence-electron chi connectivity index (χ0n) is 9.19. The Labute approximate surface area is 90.3 Å². The summed E-state index contributed by atoms with van der Waals surface area (Å²) in [4.78, 5) is 0. The lowest BCUT2D eigenvalue weighted by molar-refractivity contribution is 0.201. The number of amidine groups is 1. The van der Waals surface area contributed by atoms with E-state index in [2.05, 4.69) is 10.5 Å². The third-order valence-corrected chi connectivity index (χ3v) is 3.04. The lowest BCUT2D eigenvalue weighted by atomic mass is 10.0. The van der Waals surface area contributed by atoms with E-state index in [4.69, 9.17) is 16.0 Å². The summed E-state index contributed by atoms with van der Waals surface area (Å²) < 4.78 is 0. The minimum Gasteiger partial charge on any atom is -0.409 e. The molecule has 5 nitrogen and oxygen atoms in total. The summed E-state index contributed by atoms with van der Waals surface area (Å²) >= 11 is 0. The molecule has 5 heteroatoms. The van der Waals surface area contributed by atoms with Crippen LogP contribution in [0.5, 0.6) is 0 Å². The van der Waals surface area contributed by atoms with E-state index >= 15 is 0 Å². The zero-order valence-corrected chi connectivity index (χ0v) is 9.19. The summed E-state index contributed by atoms with van der Waals surface area (Å²) in [6.07, 6.45) is 3.89. The van der Waals surface area contributed by atoms with Gasteiger partial charge in [0.05, 0.1) is 0 Å². The fourth-order valence-corrected chi connectivity index (χ4v) is 2.25. The maximum Gasteiger partial charge on any atom is 0.140 e. The van der Waals surface area contributed by atoms with Gasteiger partial charge in [-0.05, 0) is 25.7 Å². The molecule has 0 spiro atoms. The highest BCUT2D eigenvalue weighted by Crippen LogP contribution is 2.25. The Morgan fingerprint density at radius 1 is 1.60 bits per heavy atom. The van der Waals surface area contributed by atoms with E-state index < -0.39 is 0 Å². The van der Waals surface area contributed by atoms with Crippen molar-refractivity contribution >= 4 is 5.84 Å². The minimum absolute atomic E-state index is 0.179. The normalized spacial score (nSPS) is 29.3. The number of hydrogen-bond donors (Lipinski definition) is 4. The molecule has 0 amide bonds. The first-order valence-electron chi connectivity index (χ1n) is 5.50. The average molecular weight is 215 g/mol. The van der Waals surface area contributed by atoms with Gasteiger partial charge >= 0.3 is 0 Å². The van der Waals surface area contributed by atoms with Crippen LogP contribution >= 0.6 is 0 Å². The molecule has 1 aliphatic rings. The van der Waals surface area contributed by atoms with Crippen LogP contribution in [0.4, 0.5) is 0 Å². The van der Waals surface area contributed by atoms with Gasteiger partial charge in [-0.2, -0.15) is 0 Å². The molecule has 0 aromatic heterocycles. The summed E-state index contributed by atoms with van der Waals surface area (Å²) in [5, 5.41) is 23.9. The molecular formula is C10H21N3O2. The number of nitrogens with zero attached hydrogens (tertiary/aromatic N) is 1. The predicted molar refractivity (Wildman–Crippen MR) is 58.8 cm³/mol. The molecule has 0 aromatic rings. The maximum atomic E-state index is 9.15. The van der Waals surface area contributed by atoms with Gasteiger partial charge in [0.15, 0.2) is 0 Å². The van der Waals surface area contributed by atoms with Crippen molar-refractivity contribution in [2.45, 2.75) is 44.7 Å². The third kappa shape index (κ3) is 3.68. The predicted octanol–water partition coefficient (Wildman–Crippen LogP) is 0.262. The summed E-state index contributed by atoms with van der Waals surface area (Å²) in [6.45, 7) is 2.25. The van der Waals surface area contributed by atoms with Gasteiger partial charge in [-0.25, -0.2) is 0 Å². The zero-order chi connectivity index (χ0) is 11.3. The Morgan fingerprint density at radius 3 is 2.93 bits per heavy atom. The van der Waals surface area contributed by atoms with Crippen molar-refractivity contribution in [1.82, 2.24) is 5.32 Å². The molecule has 3 atom stereocenters. The lowest BCUT2D eigenvalue weighted by Crippen LogP contribution is -2.41. The minimum atomic E-state index is 0.179. The van der Waals surface area contributed by atoms with E-state index in [0.29, 0.717) is 18.4 Å². The molecule has 15 heavy (non-hydrogen) atoms. The first kappa shape index (κ1) is 12.3. The molecule has 0 saturated heterocycles. The van der Waals surface area contributed by atoms with Crippen LogP contribution in [0.25, 0.3) is 0 Å². The molecule has 1 rings (SSSR count). The van der Waals surface area contributed by atoms with Gasteiger partial charge in [-0.15, -0.1) is 0 Å². The van der Waals surface area contributed by atoms with E-state index in [0.717, 1.165) is 12.8 Å². The third-order valence-electron chi connectivity index (χ3n) is 3.04. The average Bonchev–Trinajstić information content (AvgIpc) is 2.64. The summed E-state index contributed by atoms with van der Waals surface area (Å²) in [5.74, 6) is 0.605. The summed E-state index contributed by atoms with van der Waals surface area (Å²) in [5.41, 5.74) is 5.43. The Kier molecular flexibility index (Phi) is 4.84. The van der Waals surface area contributed by atoms with Crippen molar-refractivity contribution in [2.75, 3.05) is 6.61 Å². The number of nitrogens with one attached hydrogen (secondary N) is 1. The van der Waals surface area contributed by atoms with Crippen molar-refractivity contribution in [1.29, 1.82) is 0 Å². The van der Waals surface area contributed by atoms with Gasteiger partial charge in [0.1, 0.15) is 5.84 Å². The molecule has 0 radical (unpaired) electrons. The fourth-order valence-electron chi connectivity index (χ4n) is 2.25.